The first-order valence-corrected chi connectivity index (χ1v) is 7.66. The van der Waals surface area contributed by atoms with Crippen molar-refractivity contribution in [3.05, 3.63) is 47.0 Å². The Bertz CT molecular complexity index is 618. The van der Waals surface area contributed by atoms with Crippen LogP contribution in [-0.2, 0) is 11.2 Å². The molecular formula is C18H21NO. The summed E-state index contributed by atoms with van der Waals surface area (Å²) in [7, 11) is 1.97. The molecule has 0 N–H and O–H groups in total. The second kappa shape index (κ2) is 3.97. The number of benzene rings is 1. The van der Waals surface area contributed by atoms with Crippen LogP contribution in [0.5, 0.6) is 0 Å². The van der Waals surface area contributed by atoms with E-state index in [9.17, 15) is 4.79 Å². The molecule has 2 aliphatic carbocycles. The van der Waals surface area contributed by atoms with Crippen molar-refractivity contribution in [1.29, 1.82) is 0 Å². The van der Waals surface area contributed by atoms with Crippen LogP contribution in [0.1, 0.15) is 43.2 Å². The minimum Gasteiger partial charge on any atom is -0.342 e. The lowest BCUT2D eigenvalue weighted by atomic mass is 9.57. The van der Waals surface area contributed by atoms with Gasteiger partial charge in [-0.2, -0.15) is 0 Å². The highest BCUT2D eigenvalue weighted by atomic mass is 16.2. The predicted molar refractivity (Wildman–Crippen MR) is 79.5 cm³/mol. The fourth-order valence-electron chi connectivity index (χ4n) is 4.53. The molecule has 20 heavy (non-hydrogen) atoms. The van der Waals surface area contributed by atoms with E-state index in [2.05, 4.69) is 37.3 Å². The molecule has 1 heterocycles. The first kappa shape index (κ1) is 12.2. The Hall–Kier alpha value is -1.57. The van der Waals surface area contributed by atoms with Crippen molar-refractivity contribution >= 4 is 5.91 Å². The highest BCUT2D eigenvalue weighted by molar-refractivity contribution is 5.88. The number of hydrogen-bond acceptors (Lipinski definition) is 1. The van der Waals surface area contributed by atoms with Crippen molar-refractivity contribution in [1.82, 2.24) is 4.90 Å². The number of amides is 1. The number of piperidine rings is 1. The molecule has 1 spiro atoms. The zero-order valence-electron chi connectivity index (χ0n) is 12.2. The molecule has 4 rings (SSSR count). The molecule has 2 nitrogen and oxygen atoms in total. The van der Waals surface area contributed by atoms with Gasteiger partial charge >= 0.3 is 0 Å². The van der Waals surface area contributed by atoms with Crippen LogP contribution in [0.3, 0.4) is 0 Å². The number of hydrogen-bond donors (Lipinski definition) is 0. The Morgan fingerprint density at radius 2 is 2.10 bits per heavy atom. The summed E-state index contributed by atoms with van der Waals surface area (Å²) >= 11 is 0. The van der Waals surface area contributed by atoms with E-state index in [1.807, 2.05) is 11.9 Å². The van der Waals surface area contributed by atoms with Gasteiger partial charge in [0.25, 0.3) is 0 Å². The Morgan fingerprint density at radius 3 is 2.95 bits per heavy atom. The van der Waals surface area contributed by atoms with E-state index < -0.39 is 0 Å². The molecule has 0 saturated carbocycles. The van der Waals surface area contributed by atoms with Gasteiger partial charge in [0.15, 0.2) is 0 Å². The zero-order valence-corrected chi connectivity index (χ0v) is 12.2. The van der Waals surface area contributed by atoms with Gasteiger partial charge in [0.2, 0.25) is 5.91 Å². The second-order valence-corrected chi connectivity index (χ2v) is 6.79. The van der Waals surface area contributed by atoms with Gasteiger partial charge in [-0.3, -0.25) is 4.79 Å². The van der Waals surface area contributed by atoms with Gasteiger partial charge in [0.1, 0.15) is 0 Å². The predicted octanol–water partition coefficient (Wildman–Crippen LogP) is 3.28. The van der Waals surface area contributed by atoms with Gasteiger partial charge in [-0.05, 0) is 49.7 Å². The Kier molecular flexibility index (Phi) is 2.42. The standard InChI is InChI=1S/C18H21NO/c1-12-9-15-8-7-14-11-18(15,17(20)19(12)2)10-13-5-3-4-6-16(13)14/h3-6,8,12,14H,7,9-11H2,1-2H3/t12-,14-,18+/m0/s1. The van der Waals surface area contributed by atoms with Gasteiger partial charge < -0.3 is 4.90 Å². The fraction of sp³-hybridized carbons (Fsp3) is 0.500. The molecule has 1 amide bonds. The SMILES string of the molecule is C[C@H]1CC2=CC[C@H]3C[C@@]2(Cc2ccccc23)C(=O)N1C. The van der Waals surface area contributed by atoms with Crippen molar-refractivity contribution in [2.45, 2.75) is 44.6 Å². The minimum absolute atomic E-state index is 0.224. The van der Waals surface area contributed by atoms with Crippen LogP contribution in [0.4, 0.5) is 0 Å². The van der Waals surface area contributed by atoms with Gasteiger partial charge in [-0.1, -0.05) is 35.9 Å². The number of allylic oxidation sites excluding steroid dienone is 1. The van der Waals surface area contributed by atoms with Gasteiger partial charge in [-0.25, -0.2) is 0 Å². The zero-order chi connectivity index (χ0) is 13.9. The van der Waals surface area contributed by atoms with Crippen molar-refractivity contribution in [2.75, 3.05) is 7.05 Å². The summed E-state index contributed by atoms with van der Waals surface area (Å²) in [6.45, 7) is 2.16. The lowest BCUT2D eigenvalue weighted by Gasteiger charge is -2.51. The lowest BCUT2D eigenvalue weighted by molar-refractivity contribution is -0.144. The highest BCUT2D eigenvalue weighted by Crippen LogP contribution is 2.55. The molecular weight excluding hydrogens is 246 g/mol. The Morgan fingerprint density at radius 1 is 1.30 bits per heavy atom. The summed E-state index contributed by atoms with van der Waals surface area (Å²) in [5.74, 6) is 0.885. The van der Waals surface area contributed by atoms with E-state index >= 15 is 0 Å². The number of rotatable bonds is 0. The van der Waals surface area contributed by atoms with E-state index in [0.717, 1.165) is 25.7 Å². The number of carbonyl (C=O) groups excluding carboxylic acids is 1. The van der Waals surface area contributed by atoms with Crippen LogP contribution < -0.4 is 0 Å². The number of nitrogens with zero attached hydrogens (tertiary/aromatic N) is 1. The lowest BCUT2D eigenvalue weighted by Crippen LogP contribution is -2.55. The number of likely N-dealkylation sites (tertiary alicyclic amines) is 1. The smallest absolute Gasteiger partial charge is 0.233 e. The third kappa shape index (κ3) is 1.42. The number of fused-ring (bicyclic) bond motifs is 3. The summed E-state index contributed by atoms with van der Waals surface area (Å²) in [5, 5.41) is 0. The fourth-order valence-corrected chi connectivity index (χ4v) is 4.53. The molecule has 1 aliphatic heterocycles. The van der Waals surface area contributed by atoms with Crippen LogP contribution in [0.2, 0.25) is 0 Å². The van der Waals surface area contributed by atoms with Crippen LogP contribution >= 0.6 is 0 Å². The maximum absolute atomic E-state index is 13.0. The van der Waals surface area contributed by atoms with Crippen LogP contribution in [-0.4, -0.2) is 23.9 Å². The van der Waals surface area contributed by atoms with Crippen LogP contribution in [0, 0.1) is 5.41 Å². The topological polar surface area (TPSA) is 20.3 Å². The maximum atomic E-state index is 13.0. The van der Waals surface area contributed by atoms with Crippen molar-refractivity contribution in [2.24, 2.45) is 5.41 Å². The summed E-state index contributed by atoms with van der Waals surface area (Å²) < 4.78 is 0. The molecule has 3 atom stereocenters. The molecule has 2 bridgehead atoms. The minimum atomic E-state index is -0.224. The summed E-state index contributed by atoms with van der Waals surface area (Å²) in [5.41, 5.74) is 4.06. The van der Waals surface area contributed by atoms with E-state index in [0.29, 0.717) is 17.9 Å². The second-order valence-electron chi connectivity index (χ2n) is 6.79. The molecule has 0 aromatic heterocycles. The Balaban J connectivity index is 1.86. The average Bonchev–Trinajstić information content (AvgIpc) is 2.47. The number of carbonyl (C=O) groups is 1. The molecule has 2 heteroatoms. The van der Waals surface area contributed by atoms with E-state index in [-0.39, 0.29) is 5.41 Å². The first-order valence-electron chi connectivity index (χ1n) is 7.66. The average molecular weight is 267 g/mol. The molecule has 1 aromatic carbocycles. The van der Waals surface area contributed by atoms with Gasteiger partial charge in [-0.15, -0.1) is 0 Å². The third-order valence-corrected chi connectivity index (χ3v) is 5.75. The molecule has 0 unspecified atom stereocenters. The normalized spacial score (nSPS) is 35.2. The quantitative estimate of drug-likeness (QED) is 0.661. The molecule has 0 radical (unpaired) electrons. The molecule has 1 saturated heterocycles. The van der Waals surface area contributed by atoms with Crippen molar-refractivity contribution in [3.63, 3.8) is 0 Å². The third-order valence-electron chi connectivity index (χ3n) is 5.75. The maximum Gasteiger partial charge on any atom is 0.233 e. The summed E-state index contributed by atoms with van der Waals surface area (Å²) in [6, 6.07) is 9.06. The van der Waals surface area contributed by atoms with Gasteiger partial charge in [0, 0.05) is 13.1 Å². The summed E-state index contributed by atoms with van der Waals surface area (Å²) in [4.78, 5) is 15.0. The van der Waals surface area contributed by atoms with E-state index in [4.69, 9.17) is 0 Å². The molecule has 1 fully saturated rings. The monoisotopic (exact) mass is 267 g/mol. The van der Waals surface area contributed by atoms with E-state index in [1.165, 1.54) is 16.7 Å². The first-order chi connectivity index (χ1) is 9.62. The molecule has 104 valence electrons. The summed E-state index contributed by atoms with van der Waals surface area (Å²) in [6.07, 6.45) is 6.47. The Labute approximate surface area is 120 Å². The largest absolute Gasteiger partial charge is 0.342 e. The van der Waals surface area contributed by atoms with Crippen molar-refractivity contribution in [3.8, 4) is 0 Å². The van der Waals surface area contributed by atoms with E-state index in [1.54, 1.807) is 0 Å². The molecule has 1 aromatic rings. The van der Waals surface area contributed by atoms with Gasteiger partial charge in [0.05, 0.1) is 5.41 Å². The van der Waals surface area contributed by atoms with Crippen LogP contribution in [0.25, 0.3) is 0 Å². The van der Waals surface area contributed by atoms with Crippen LogP contribution in [0.15, 0.2) is 35.9 Å². The molecule has 3 aliphatic rings. The van der Waals surface area contributed by atoms with Crippen molar-refractivity contribution < 1.29 is 4.79 Å². The highest BCUT2D eigenvalue weighted by Gasteiger charge is 2.53.